The molecule has 0 aliphatic carbocycles. The fourth-order valence-electron chi connectivity index (χ4n) is 5.50. The molecular weight excluding hydrogens is 468 g/mol. The zero-order chi connectivity index (χ0) is 26.5. The monoisotopic (exact) mass is 506 g/mol. The highest BCUT2D eigenvalue weighted by molar-refractivity contribution is 5.94. The van der Waals surface area contributed by atoms with E-state index < -0.39 is 0 Å². The summed E-state index contributed by atoms with van der Waals surface area (Å²) in [4.78, 5) is 21.6. The van der Waals surface area contributed by atoms with Crippen molar-refractivity contribution in [2.75, 3.05) is 19.6 Å². The van der Waals surface area contributed by atoms with Crippen LogP contribution in [-0.4, -0.2) is 40.0 Å². The number of nitrogens with zero attached hydrogens (tertiary/aromatic N) is 3. The van der Waals surface area contributed by atoms with Gasteiger partial charge in [-0.1, -0.05) is 99.6 Å². The van der Waals surface area contributed by atoms with E-state index in [4.69, 9.17) is 4.98 Å². The van der Waals surface area contributed by atoms with E-state index in [1.165, 1.54) is 5.56 Å². The largest absolute Gasteiger partial charge is 0.328 e. The lowest BCUT2D eigenvalue weighted by atomic mass is 9.83. The Morgan fingerprint density at radius 1 is 0.974 bits per heavy atom. The van der Waals surface area contributed by atoms with Gasteiger partial charge in [-0.15, -0.1) is 0 Å². The van der Waals surface area contributed by atoms with Gasteiger partial charge < -0.3 is 14.8 Å². The Morgan fingerprint density at radius 2 is 1.61 bits per heavy atom. The van der Waals surface area contributed by atoms with Crippen molar-refractivity contribution in [1.82, 2.24) is 19.8 Å². The molecule has 2 unspecified atom stereocenters. The number of aromatic nitrogens is 2. The maximum absolute atomic E-state index is 14.2. The molecule has 0 bridgehead atoms. The lowest BCUT2D eigenvalue weighted by Crippen LogP contribution is -2.45. The van der Waals surface area contributed by atoms with E-state index in [9.17, 15) is 4.79 Å². The summed E-state index contributed by atoms with van der Waals surface area (Å²) >= 11 is 0. The molecule has 1 fully saturated rings. The van der Waals surface area contributed by atoms with Gasteiger partial charge >= 0.3 is 0 Å². The zero-order valence-electron chi connectivity index (χ0n) is 22.7. The van der Waals surface area contributed by atoms with E-state index in [1.807, 2.05) is 54.6 Å². The molecule has 2 heterocycles. The van der Waals surface area contributed by atoms with E-state index in [1.54, 1.807) is 0 Å². The minimum Gasteiger partial charge on any atom is -0.328 e. The van der Waals surface area contributed by atoms with E-state index in [0.717, 1.165) is 42.2 Å². The topological polar surface area (TPSA) is 50.2 Å². The van der Waals surface area contributed by atoms with Crippen LogP contribution in [0.2, 0.25) is 0 Å². The van der Waals surface area contributed by atoms with E-state index in [0.29, 0.717) is 19.0 Å². The minimum atomic E-state index is -0.246. The molecule has 5 rings (SSSR count). The maximum Gasteiger partial charge on any atom is 0.254 e. The molecule has 4 aromatic rings. The molecule has 5 heteroatoms. The molecule has 1 saturated heterocycles. The van der Waals surface area contributed by atoms with Gasteiger partial charge in [0.25, 0.3) is 5.91 Å². The third-order valence-electron chi connectivity index (χ3n) is 7.35. The molecular formula is C33H38N4O. The van der Waals surface area contributed by atoms with Gasteiger partial charge in [0.1, 0.15) is 5.82 Å². The van der Waals surface area contributed by atoms with E-state index in [-0.39, 0.29) is 17.4 Å². The Bertz CT molecular complexity index is 1320. The second-order valence-corrected chi connectivity index (χ2v) is 11.4. The van der Waals surface area contributed by atoms with Crippen molar-refractivity contribution < 1.29 is 4.79 Å². The summed E-state index contributed by atoms with van der Waals surface area (Å²) in [6, 6.07) is 30.3. The summed E-state index contributed by atoms with van der Waals surface area (Å²) in [5.74, 6) is 1.40. The molecule has 3 aromatic carbocycles. The number of carbonyl (C=O) groups is 1. The molecule has 2 atom stereocenters. The highest BCUT2D eigenvalue weighted by atomic mass is 16.2. The molecule has 1 N–H and O–H groups in total. The molecule has 196 valence electrons. The first-order valence-electron chi connectivity index (χ1n) is 13.6. The first-order valence-corrected chi connectivity index (χ1v) is 13.6. The van der Waals surface area contributed by atoms with Crippen LogP contribution in [0.4, 0.5) is 0 Å². The standard InChI is InChI=1S/C33H38N4O/c1-33(2,3)30(37(23-26-19-20-34-21-26)32(38)28-17-11-6-12-18-28)31-35-29(27-15-9-5-10-16-27)24-36(31)22-25-13-7-4-8-14-25/h4-18,24,26,30,34H,19-23H2,1-3H3. The average Bonchev–Trinajstić information content (AvgIpc) is 3.59. The maximum atomic E-state index is 14.2. The van der Waals surface area contributed by atoms with Crippen LogP contribution in [0.3, 0.4) is 0 Å². The SMILES string of the molecule is CC(C)(C)C(c1nc(-c2ccccc2)cn1Cc1ccccc1)N(CC1CCNC1)C(=O)c1ccccc1. The van der Waals surface area contributed by atoms with Gasteiger partial charge in [0.05, 0.1) is 11.7 Å². The van der Waals surface area contributed by atoms with Crippen LogP contribution in [-0.2, 0) is 6.54 Å². The summed E-state index contributed by atoms with van der Waals surface area (Å²) in [6.07, 6.45) is 3.22. The van der Waals surface area contributed by atoms with Crippen molar-refractivity contribution in [1.29, 1.82) is 0 Å². The van der Waals surface area contributed by atoms with Crippen LogP contribution in [0.25, 0.3) is 11.3 Å². The van der Waals surface area contributed by atoms with Crippen molar-refractivity contribution in [2.45, 2.75) is 39.8 Å². The Hall–Kier alpha value is -3.70. The number of amides is 1. The first kappa shape index (κ1) is 25.9. The Labute approximate surface area is 226 Å². The van der Waals surface area contributed by atoms with Gasteiger partial charge in [-0.25, -0.2) is 4.98 Å². The summed E-state index contributed by atoms with van der Waals surface area (Å²) in [5, 5.41) is 3.48. The lowest BCUT2D eigenvalue weighted by molar-refractivity contribution is 0.0437. The first-order chi connectivity index (χ1) is 18.4. The van der Waals surface area contributed by atoms with Crippen molar-refractivity contribution in [3.8, 4) is 11.3 Å². The predicted molar refractivity (Wildman–Crippen MR) is 154 cm³/mol. The van der Waals surface area contributed by atoms with Crippen molar-refractivity contribution >= 4 is 5.91 Å². The summed E-state index contributed by atoms with van der Waals surface area (Å²) in [5.41, 5.74) is 3.69. The fraction of sp³-hybridized carbons (Fsp3) is 0.333. The van der Waals surface area contributed by atoms with Crippen LogP contribution >= 0.6 is 0 Å². The van der Waals surface area contributed by atoms with Gasteiger partial charge in [0.15, 0.2) is 0 Å². The summed E-state index contributed by atoms with van der Waals surface area (Å²) in [7, 11) is 0. The van der Waals surface area contributed by atoms with E-state index >= 15 is 0 Å². The van der Waals surface area contributed by atoms with Crippen LogP contribution in [0, 0.1) is 11.3 Å². The third-order valence-corrected chi connectivity index (χ3v) is 7.35. The van der Waals surface area contributed by atoms with Crippen LogP contribution in [0.15, 0.2) is 97.2 Å². The Morgan fingerprint density at radius 3 is 2.21 bits per heavy atom. The average molecular weight is 507 g/mol. The molecule has 1 aliphatic heterocycles. The van der Waals surface area contributed by atoms with Crippen LogP contribution < -0.4 is 5.32 Å². The minimum absolute atomic E-state index is 0.0629. The molecule has 1 aromatic heterocycles. The molecule has 38 heavy (non-hydrogen) atoms. The Kier molecular flexibility index (Phi) is 7.75. The molecule has 1 aliphatic rings. The molecule has 0 radical (unpaired) electrons. The van der Waals surface area contributed by atoms with Gasteiger partial charge in [-0.2, -0.15) is 0 Å². The summed E-state index contributed by atoms with van der Waals surface area (Å²) in [6.45, 7) is 9.99. The van der Waals surface area contributed by atoms with Gasteiger partial charge in [-0.05, 0) is 48.5 Å². The quantitative estimate of drug-likeness (QED) is 0.299. The van der Waals surface area contributed by atoms with Gasteiger partial charge in [0.2, 0.25) is 0 Å². The number of hydrogen-bond acceptors (Lipinski definition) is 3. The smallest absolute Gasteiger partial charge is 0.254 e. The number of rotatable bonds is 8. The number of hydrogen-bond donors (Lipinski definition) is 1. The molecule has 1 amide bonds. The molecule has 0 spiro atoms. The number of imidazole rings is 1. The van der Waals surface area contributed by atoms with Crippen LogP contribution in [0.1, 0.15) is 55.0 Å². The summed E-state index contributed by atoms with van der Waals surface area (Å²) < 4.78 is 2.26. The number of benzene rings is 3. The Balaban J connectivity index is 1.64. The lowest BCUT2D eigenvalue weighted by Gasteiger charge is -2.41. The van der Waals surface area contributed by atoms with E-state index in [2.05, 4.69) is 78.2 Å². The highest BCUT2D eigenvalue weighted by Gasteiger charge is 2.40. The van der Waals surface area contributed by atoms with Crippen molar-refractivity contribution in [3.05, 3.63) is 114 Å². The number of carbonyl (C=O) groups excluding carboxylic acids is 1. The molecule has 5 nitrogen and oxygen atoms in total. The van der Waals surface area contributed by atoms with Crippen LogP contribution in [0.5, 0.6) is 0 Å². The van der Waals surface area contributed by atoms with Crippen molar-refractivity contribution in [2.24, 2.45) is 11.3 Å². The zero-order valence-corrected chi connectivity index (χ0v) is 22.7. The number of nitrogens with one attached hydrogen (secondary N) is 1. The molecule has 0 saturated carbocycles. The van der Waals surface area contributed by atoms with Crippen molar-refractivity contribution in [3.63, 3.8) is 0 Å². The third kappa shape index (κ3) is 5.89. The van der Waals surface area contributed by atoms with Gasteiger partial charge in [0, 0.05) is 30.4 Å². The normalized spacial score (nSPS) is 16.3. The van der Waals surface area contributed by atoms with Gasteiger partial charge in [-0.3, -0.25) is 4.79 Å². The second-order valence-electron chi connectivity index (χ2n) is 11.4. The predicted octanol–water partition coefficient (Wildman–Crippen LogP) is 6.44. The second kappa shape index (κ2) is 11.4. The fourth-order valence-corrected chi connectivity index (χ4v) is 5.50. The highest BCUT2D eigenvalue weighted by Crippen LogP contribution is 2.40.